The highest BCUT2D eigenvalue weighted by atomic mass is 32.3. The molecule has 0 bridgehead atoms. The van der Waals surface area contributed by atoms with Crippen LogP contribution in [-0.2, 0) is 85.5 Å². The summed E-state index contributed by atoms with van der Waals surface area (Å²) in [6, 6.07) is 47.4. The molecule has 9 atom stereocenters. The van der Waals surface area contributed by atoms with Crippen molar-refractivity contribution in [3.63, 3.8) is 0 Å². The van der Waals surface area contributed by atoms with Gasteiger partial charge in [-0.2, -0.15) is 8.42 Å². The Balaban J connectivity index is 1.23. The molecular formula is C47H52O13S. The van der Waals surface area contributed by atoms with Crippen molar-refractivity contribution in [3.05, 3.63) is 179 Å². The maximum atomic E-state index is 12.6. The number of hydrogen-bond donors (Lipinski definition) is 2. The number of hydrogen-bond acceptors (Lipinski definition) is 12. The Morgan fingerprint density at radius 2 is 1.03 bits per heavy atom. The van der Waals surface area contributed by atoms with Crippen LogP contribution < -0.4 is 0 Å². The highest BCUT2D eigenvalue weighted by Crippen LogP contribution is 2.35. The monoisotopic (exact) mass is 856 g/mol. The Morgan fingerprint density at radius 3 is 1.52 bits per heavy atom. The van der Waals surface area contributed by atoms with E-state index in [0.29, 0.717) is 0 Å². The molecule has 2 aliphatic heterocycles. The molecule has 13 nitrogen and oxygen atoms in total. The van der Waals surface area contributed by atoms with Gasteiger partial charge in [0.1, 0.15) is 48.8 Å². The summed E-state index contributed by atoms with van der Waals surface area (Å²) in [6.07, 6.45) is -9.62. The second-order valence-corrected chi connectivity index (χ2v) is 15.9. The zero-order valence-corrected chi connectivity index (χ0v) is 34.4. The van der Waals surface area contributed by atoms with Crippen molar-refractivity contribution in [1.82, 2.24) is 0 Å². The van der Waals surface area contributed by atoms with E-state index in [0.717, 1.165) is 27.8 Å². The van der Waals surface area contributed by atoms with Crippen molar-refractivity contribution in [1.29, 1.82) is 0 Å². The van der Waals surface area contributed by atoms with E-state index >= 15 is 0 Å². The number of ether oxygens (including phenoxy) is 8. The molecule has 2 saturated heterocycles. The van der Waals surface area contributed by atoms with Crippen molar-refractivity contribution < 1.29 is 60.2 Å². The van der Waals surface area contributed by atoms with Gasteiger partial charge < -0.3 is 43.0 Å². The van der Waals surface area contributed by atoms with Gasteiger partial charge in [-0.3, -0.25) is 4.55 Å². The normalized spacial score (nSPS) is 24.7. The molecule has 0 aromatic heterocycles. The summed E-state index contributed by atoms with van der Waals surface area (Å²) >= 11 is 0. The first kappa shape index (κ1) is 44.7. The van der Waals surface area contributed by atoms with Gasteiger partial charge in [0.15, 0.2) is 6.29 Å². The van der Waals surface area contributed by atoms with Gasteiger partial charge in [0.2, 0.25) is 0 Å². The van der Waals surface area contributed by atoms with Gasteiger partial charge in [0, 0.05) is 0 Å². The lowest BCUT2D eigenvalue weighted by Gasteiger charge is -2.46. The summed E-state index contributed by atoms with van der Waals surface area (Å²) < 4.78 is 92.8. The van der Waals surface area contributed by atoms with Gasteiger partial charge in [0.05, 0.1) is 52.9 Å². The molecule has 0 radical (unpaired) electrons. The van der Waals surface area contributed by atoms with Gasteiger partial charge in [0.25, 0.3) is 0 Å². The van der Waals surface area contributed by atoms with Gasteiger partial charge in [-0.15, -0.1) is 0 Å². The molecule has 5 aromatic rings. The lowest BCUT2D eigenvalue weighted by atomic mass is 9.97. The Hall–Kier alpha value is -4.39. The fourth-order valence-corrected chi connectivity index (χ4v) is 7.85. The Labute approximate surface area is 357 Å². The number of aliphatic hydroxyl groups is 1. The zero-order valence-electron chi connectivity index (χ0n) is 33.6. The van der Waals surface area contributed by atoms with Crippen LogP contribution in [0.1, 0.15) is 27.8 Å². The van der Waals surface area contributed by atoms with E-state index in [4.69, 9.17) is 42.1 Å². The third-order valence-electron chi connectivity index (χ3n) is 10.4. The van der Waals surface area contributed by atoms with Crippen molar-refractivity contribution in [2.75, 3.05) is 19.8 Å². The van der Waals surface area contributed by atoms with Crippen LogP contribution in [0.15, 0.2) is 152 Å². The first-order valence-corrected chi connectivity index (χ1v) is 21.6. The number of rotatable bonds is 22. The van der Waals surface area contributed by atoms with Crippen LogP contribution in [0.25, 0.3) is 0 Å². The van der Waals surface area contributed by atoms with Gasteiger partial charge in [-0.25, -0.2) is 4.18 Å². The van der Waals surface area contributed by atoms with Crippen LogP contribution in [0.3, 0.4) is 0 Å². The first-order valence-electron chi connectivity index (χ1n) is 20.3. The quantitative estimate of drug-likeness (QED) is 0.0756. The predicted molar refractivity (Wildman–Crippen MR) is 223 cm³/mol. The molecule has 324 valence electrons. The highest BCUT2D eigenvalue weighted by molar-refractivity contribution is 7.80. The lowest BCUT2D eigenvalue weighted by Crippen LogP contribution is -2.63. The van der Waals surface area contributed by atoms with Crippen molar-refractivity contribution in [2.45, 2.75) is 88.2 Å². The molecule has 2 heterocycles. The van der Waals surface area contributed by atoms with E-state index in [1.165, 1.54) is 0 Å². The van der Waals surface area contributed by atoms with E-state index in [9.17, 15) is 18.1 Å². The van der Waals surface area contributed by atoms with Gasteiger partial charge in [-0.05, 0) is 27.8 Å². The van der Waals surface area contributed by atoms with Crippen LogP contribution in [0, 0.1) is 0 Å². The van der Waals surface area contributed by atoms with E-state index < -0.39 is 72.1 Å². The third-order valence-corrected chi connectivity index (χ3v) is 10.8. The first-order chi connectivity index (χ1) is 29.8. The second kappa shape index (κ2) is 22.6. The average molecular weight is 857 g/mol. The second-order valence-electron chi connectivity index (χ2n) is 14.8. The SMILES string of the molecule is O=S(=O)(O)O[C@@H]1[C@H](OCc2ccccc2)[C@@H](OCc2ccccc2)[C@H](O[C@@H]2[C@@H]([C@H](CO)OCc3ccccc3)OC[C@H]2OCc2ccccc2)O[C@@H]1COCc1ccccc1. The largest absolute Gasteiger partial charge is 0.397 e. The zero-order chi connectivity index (χ0) is 42.3. The highest BCUT2D eigenvalue weighted by Gasteiger charge is 2.54. The van der Waals surface area contributed by atoms with Crippen molar-refractivity contribution in [2.24, 2.45) is 0 Å². The summed E-state index contributed by atoms with van der Waals surface area (Å²) in [5, 5.41) is 10.7. The predicted octanol–water partition coefficient (Wildman–Crippen LogP) is 6.23. The molecule has 0 aliphatic carbocycles. The summed E-state index contributed by atoms with van der Waals surface area (Å²) in [4.78, 5) is 0. The van der Waals surface area contributed by atoms with Crippen LogP contribution >= 0.6 is 0 Å². The smallest absolute Gasteiger partial charge is 0.394 e. The standard InChI is InChI=1S/C47H52O13S/c48-26-39(53-28-35-18-8-2-9-19-35)42-43(40(33-57-42)54-29-36-20-10-3-11-21-36)59-47-46(56-31-38-24-14-5-15-25-38)45(55-30-37-22-12-4-13-23-37)44(60-61(49,50)51)41(58-47)32-52-27-34-16-6-1-7-17-34/h1-25,39-48H,26-33H2,(H,49,50,51)/t39-,40+,41+,42+,43-,44-,45-,46+,47-/m0/s1. The molecule has 61 heavy (non-hydrogen) atoms. The number of benzene rings is 5. The minimum atomic E-state index is -5.07. The van der Waals surface area contributed by atoms with Crippen LogP contribution in [0.4, 0.5) is 0 Å². The molecule has 0 amide bonds. The summed E-state index contributed by atoms with van der Waals surface area (Å²) in [7, 11) is -5.07. The van der Waals surface area contributed by atoms with E-state index in [2.05, 4.69) is 0 Å². The number of aliphatic hydroxyl groups excluding tert-OH is 1. The third kappa shape index (κ3) is 13.3. The average Bonchev–Trinajstić information content (AvgIpc) is 3.68. The van der Waals surface area contributed by atoms with Crippen LogP contribution in [-0.4, -0.2) is 93.0 Å². The Kier molecular flexibility index (Phi) is 16.6. The summed E-state index contributed by atoms with van der Waals surface area (Å²) in [5.74, 6) is 0. The fraction of sp³-hybridized carbons (Fsp3) is 0.362. The van der Waals surface area contributed by atoms with E-state index in [1.54, 1.807) is 0 Å². The minimum absolute atomic E-state index is 0.0181. The van der Waals surface area contributed by atoms with E-state index in [1.807, 2.05) is 152 Å². The molecule has 0 unspecified atom stereocenters. The van der Waals surface area contributed by atoms with Crippen molar-refractivity contribution in [3.8, 4) is 0 Å². The molecule has 0 spiro atoms. The van der Waals surface area contributed by atoms with Crippen LogP contribution in [0.5, 0.6) is 0 Å². The maximum Gasteiger partial charge on any atom is 0.397 e. The van der Waals surface area contributed by atoms with Gasteiger partial charge >= 0.3 is 10.4 Å². The molecule has 14 heteroatoms. The molecule has 2 fully saturated rings. The maximum absolute atomic E-state index is 12.6. The fourth-order valence-electron chi connectivity index (χ4n) is 7.34. The molecule has 7 rings (SSSR count). The van der Waals surface area contributed by atoms with Crippen LogP contribution in [0.2, 0.25) is 0 Å². The van der Waals surface area contributed by atoms with Gasteiger partial charge in [-0.1, -0.05) is 152 Å². The Bertz CT molecular complexity index is 2100. The van der Waals surface area contributed by atoms with Crippen molar-refractivity contribution >= 4 is 10.4 Å². The topological polar surface area (TPSA) is 158 Å². The molecule has 2 N–H and O–H groups in total. The summed E-state index contributed by atoms with van der Waals surface area (Å²) in [6.45, 7) is 0.173. The molecule has 0 saturated carbocycles. The minimum Gasteiger partial charge on any atom is -0.394 e. The Morgan fingerprint density at radius 1 is 0.574 bits per heavy atom. The summed E-state index contributed by atoms with van der Waals surface area (Å²) in [5.41, 5.74) is 4.30. The van der Waals surface area contributed by atoms with E-state index in [-0.39, 0.29) is 46.2 Å². The lowest BCUT2D eigenvalue weighted by molar-refractivity contribution is -0.334. The molecular weight excluding hydrogens is 805 g/mol. The molecule has 2 aliphatic rings. The molecule has 5 aromatic carbocycles.